The second kappa shape index (κ2) is 8.06. The van der Waals surface area contributed by atoms with Crippen molar-refractivity contribution in [1.29, 1.82) is 0 Å². The van der Waals surface area contributed by atoms with Crippen LogP contribution in [0.3, 0.4) is 0 Å². The van der Waals surface area contributed by atoms with Crippen molar-refractivity contribution in [3.63, 3.8) is 0 Å². The van der Waals surface area contributed by atoms with Gasteiger partial charge in [0.05, 0.1) is 11.7 Å². The molecule has 1 atom stereocenters. The standard InChI is InChI=1S/C22H20N2O/c1-17(21-12-5-6-15-23-21)24-22(25)14-13-18-8-7-11-20(16-18)19-9-3-2-4-10-19/h2-17H,1H3,(H,24,25)/b14-13+/t17-/m0/s1. The Balaban J connectivity index is 1.67. The Morgan fingerprint density at radius 2 is 1.72 bits per heavy atom. The third-order valence-electron chi connectivity index (χ3n) is 3.91. The average molecular weight is 328 g/mol. The molecule has 3 aromatic rings. The molecule has 0 saturated carbocycles. The molecule has 0 fully saturated rings. The Morgan fingerprint density at radius 1 is 0.960 bits per heavy atom. The molecule has 3 nitrogen and oxygen atoms in total. The second-order valence-electron chi connectivity index (χ2n) is 5.81. The number of benzene rings is 2. The Kier molecular flexibility index (Phi) is 5.37. The highest BCUT2D eigenvalue weighted by molar-refractivity contribution is 5.92. The quantitative estimate of drug-likeness (QED) is 0.693. The van der Waals surface area contributed by atoms with Gasteiger partial charge in [0.2, 0.25) is 5.91 Å². The highest BCUT2D eigenvalue weighted by Crippen LogP contribution is 2.20. The SMILES string of the molecule is C[C@H](NC(=O)/C=C/c1cccc(-c2ccccc2)c1)c1ccccn1. The predicted octanol–water partition coefficient (Wildman–Crippen LogP) is 4.64. The van der Waals surface area contributed by atoms with Crippen molar-refractivity contribution in [2.75, 3.05) is 0 Å². The third-order valence-corrected chi connectivity index (χ3v) is 3.91. The maximum Gasteiger partial charge on any atom is 0.244 e. The van der Waals surface area contributed by atoms with E-state index in [4.69, 9.17) is 0 Å². The lowest BCUT2D eigenvalue weighted by atomic mass is 10.0. The lowest BCUT2D eigenvalue weighted by Crippen LogP contribution is -2.25. The van der Waals surface area contributed by atoms with Gasteiger partial charge in [-0.15, -0.1) is 0 Å². The number of aromatic nitrogens is 1. The number of hydrogen-bond donors (Lipinski definition) is 1. The van der Waals surface area contributed by atoms with E-state index >= 15 is 0 Å². The van der Waals surface area contributed by atoms with Crippen molar-refractivity contribution >= 4 is 12.0 Å². The van der Waals surface area contributed by atoms with Crippen molar-refractivity contribution in [2.45, 2.75) is 13.0 Å². The molecule has 0 aliphatic rings. The van der Waals surface area contributed by atoms with Crippen LogP contribution in [-0.4, -0.2) is 10.9 Å². The molecule has 1 aromatic heterocycles. The van der Waals surface area contributed by atoms with Gasteiger partial charge in [0.25, 0.3) is 0 Å². The number of nitrogens with zero attached hydrogens (tertiary/aromatic N) is 1. The van der Waals surface area contributed by atoms with E-state index < -0.39 is 0 Å². The van der Waals surface area contributed by atoms with Crippen LogP contribution < -0.4 is 5.32 Å². The van der Waals surface area contributed by atoms with Crippen molar-refractivity contribution < 1.29 is 4.79 Å². The van der Waals surface area contributed by atoms with Crippen LogP contribution in [0.25, 0.3) is 17.2 Å². The largest absolute Gasteiger partial charge is 0.344 e. The van der Waals surface area contributed by atoms with Gasteiger partial charge in [0.15, 0.2) is 0 Å². The molecule has 25 heavy (non-hydrogen) atoms. The number of carbonyl (C=O) groups is 1. The summed E-state index contributed by atoms with van der Waals surface area (Å²) in [6.45, 7) is 1.92. The number of carbonyl (C=O) groups excluding carboxylic acids is 1. The van der Waals surface area contributed by atoms with Gasteiger partial charge in [-0.25, -0.2) is 0 Å². The van der Waals surface area contributed by atoms with E-state index in [0.717, 1.165) is 22.4 Å². The first-order valence-corrected chi connectivity index (χ1v) is 8.27. The first kappa shape index (κ1) is 16.7. The molecule has 0 aliphatic heterocycles. The average Bonchev–Trinajstić information content (AvgIpc) is 2.68. The molecule has 0 saturated heterocycles. The smallest absolute Gasteiger partial charge is 0.244 e. The van der Waals surface area contributed by atoms with Crippen LogP contribution in [0.2, 0.25) is 0 Å². The van der Waals surface area contributed by atoms with Crippen molar-refractivity contribution in [1.82, 2.24) is 10.3 Å². The topological polar surface area (TPSA) is 42.0 Å². The zero-order valence-electron chi connectivity index (χ0n) is 14.1. The Hall–Kier alpha value is -3.20. The van der Waals surface area contributed by atoms with Crippen LogP contribution in [0.1, 0.15) is 24.2 Å². The van der Waals surface area contributed by atoms with Crippen molar-refractivity contribution in [3.05, 3.63) is 96.3 Å². The fourth-order valence-electron chi connectivity index (χ4n) is 2.59. The summed E-state index contributed by atoms with van der Waals surface area (Å²) in [6, 6.07) is 23.8. The summed E-state index contributed by atoms with van der Waals surface area (Å²) in [5, 5.41) is 2.92. The molecule has 0 radical (unpaired) electrons. The highest BCUT2D eigenvalue weighted by Gasteiger charge is 2.07. The van der Waals surface area contributed by atoms with E-state index in [1.807, 2.05) is 61.5 Å². The van der Waals surface area contributed by atoms with Crippen molar-refractivity contribution in [2.24, 2.45) is 0 Å². The van der Waals surface area contributed by atoms with Crippen LogP contribution in [-0.2, 0) is 4.79 Å². The number of hydrogen-bond acceptors (Lipinski definition) is 2. The van der Waals surface area contributed by atoms with Gasteiger partial charge in [-0.1, -0.05) is 54.6 Å². The third kappa shape index (κ3) is 4.64. The first-order valence-electron chi connectivity index (χ1n) is 8.27. The summed E-state index contributed by atoms with van der Waals surface area (Å²) < 4.78 is 0. The van der Waals surface area contributed by atoms with E-state index in [0.29, 0.717) is 0 Å². The minimum Gasteiger partial charge on any atom is -0.344 e. The maximum absolute atomic E-state index is 12.1. The minimum atomic E-state index is -0.136. The van der Waals surface area contributed by atoms with Crippen molar-refractivity contribution in [3.8, 4) is 11.1 Å². The van der Waals surface area contributed by atoms with E-state index in [-0.39, 0.29) is 11.9 Å². The highest BCUT2D eigenvalue weighted by atomic mass is 16.1. The molecule has 1 N–H and O–H groups in total. The van der Waals surface area contributed by atoms with Crippen LogP contribution >= 0.6 is 0 Å². The zero-order valence-corrected chi connectivity index (χ0v) is 14.1. The van der Waals surface area contributed by atoms with Crippen LogP contribution in [0.15, 0.2) is 85.1 Å². The monoisotopic (exact) mass is 328 g/mol. The van der Waals surface area contributed by atoms with Crippen LogP contribution in [0.5, 0.6) is 0 Å². The fourth-order valence-corrected chi connectivity index (χ4v) is 2.59. The van der Waals surface area contributed by atoms with Crippen LogP contribution in [0, 0.1) is 0 Å². The minimum absolute atomic E-state index is 0.131. The molecule has 0 unspecified atom stereocenters. The van der Waals surface area contributed by atoms with Gasteiger partial charge in [0, 0.05) is 12.3 Å². The Labute approximate surface area is 148 Å². The molecular formula is C22H20N2O. The van der Waals surface area contributed by atoms with Gasteiger partial charge < -0.3 is 5.32 Å². The molecule has 0 aliphatic carbocycles. The molecular weight excluding hydrogens is 308 g/mol. The summed E-state index contributed by atoms with van der Waals surface area (Å²) in [5.41, 5.74) is 4.12. The number of pyridine rings is 1. The second-order valence-corrected chi connectivity index (χ2v) is 5.81. The predicted molar refractivity (Wildman–Crippen MR) is 102 cm³/mol. The summed E-state index contributed by atoms with van der Waals surface area (Å²) in [5.74, 6) is -0.136. The lowest BCUT2D eigenvalue weighted by molar-refractivity contribution is -0.117. The molecule has 3 heteroatoms. The molecule has 124 valence electrons. The molecule has 0 bridgehead atoms. The van der Waals surface area contributed by atoms with E-state index in [1.165, 1.54) is 0 Å². The Bertz CT molecular complexity index is 857. The molecule has 1 heterocycles. The number of nitrogens with one attached hydrogen (secondary N) is 1. The Morgan fingerprint density at radius 3 is 2.48 bits per heavy atom. The first-order chi connectivity index (χ1) is 12.2. The van der Waals surface area contributed by atoms with Gasteiger partial charge in [0.1, 0.15) is 0 Å². The fraction of sp³-hybridized carbons (Fsp3) is 0.0909. The summed E-state index contributed by atoms with van der Waals surface area (Å²) in [6.07, 6.45) is 5.11. The summed E-state index contributed by atoms with van der Waals surface area (Å²) >= 11 is 0. The molecule has 2 aromatic carbocycles. The van der Waals surface area contributed by atoms with E-state index in [9.17, 15) is 4.79 Å². The maximum atomic E-state index is 12.1. The zero-order chi connectivity index (χ0) is 17.5. The molecule has 0 spiro atoms. The van der Waals surface area contributed by atoms with Gasteiger partial charge >= 0.3 is 0 Å². The van der Waals surface area contributed by atoms with E-state index in [2.05, 4.69) is 34.6 Å². The number of amides is 1. The number of rotatable bonds is 5. The lowest BCUT2D eigenvalue weighted by Gasteiger charge is -2.11. The summed E-state index contributed by atoms with van der Waals surface area (Å²) in [4.78, 5) is 16.4. The van der Waals surface area contributed by atoms with Gasteiger partial charge in [-0.3, -0.25) is 9.78 Å². The van der Waals surface area contributed by atoms with Gasteiger partial charge in [-0.2, -0.15) is 0 Å². The molecule has 3 rings (SSSR count). The van der Waals surface area contributed by atoms with E-state index in [1.54, 1.807) is 12.3 Å². The van der Waals surface area contributed by atoms with Crippen LogP contribution in [0.4, 0.5) is 0 Å². The summed E-state index contributed by atoms with van der Waals surface area (Å²) in [7, 11) is 0. The van der Waals surface area contributed by atoms with Gasteiger partial charge in [-0.05, 0) is 47.9 Å². The normalized spacial score (nSPS) is 12.0. The molecule has 1 amide bonds.